The second-order valence-corrected chi connectivity index (χ2v) is 10.7. The first-order valence-corrected chi connectivity index (χ1v) is 13.0. The fraction of sp³-hybridized carbons (Fsp3) is 0.259. The van der Waals surface area contributed by atoms with Gasteiger partial charge in [-0.25, -0.2) is 13.2 Å². The van der Waals surface area contributed by atoms with E-state index in [1.54, 1.807) is 11.0 Å². The zero-order valence-corrected chi connectivity index (χ0v) is 20.2. The van der Waals surface area contributed by atoms with Gasteiger partial charge in [-0.3, -0.25) is 9.10 Å². The molecule has 2 aliphatic rings. The topological polar surface area (TPSA) is 84.0 Å². The monoisotopic (exact) mass is 490 g/mol. The number of benzene rings is 3. The van der Waals surface area contributed by atoms with E-state index < -0.39 is 22.6 Å². The van der Waals surface area contributed by atoms with Crippen molar-refractivity contribution < 1.29 is 22.7 Å². The molecule has 1 amide bonds. The van der Waals surface area contributed by atoms with Crippen LogP contribution in [0.2, 0.25) is 0 Å². The first-order chi connectivity index (χ1) is 16.8. The van der Waals surface area contributed by atoms with Crippen LogP contribution in [-0.4, -0.2) is 44.4 Å². The minimum absolute atomic E-state index is 0.00877. The average molecular weight is 491 g/mol. The van der Waals surface area contributed by atoms with Gasteiger partial charge in [-0.2, -0.15) is 0 Å². The molecule has 0 saturated heterocycles. The molecule has 0 spiro atoms. The van der Waals surface area contributed by atoms with Crippen molar-refractivity contribution >= 4 is 27.6 Å². The van der Waals surface area contributed by atoms with Crippen LogP contribution < -0.4 is 4.31 Å². The first-order valence-electron chi connectivity index (χ1n) is 11.6. The van der Waals surface area contributed by atoms with Crippen LogP contribution in [0.15, 0.2) is 77.7 Å². The predicted molar refractivity (Wildman–Crippen MR) is 132 cm³/mol. The summed E-state index contributed by atoms with van der Waals surface area (Å²) in [5.74, 6) is -1.01. The van der Waals surface area contributed by atoms with E-state index in [9.17, 15) is 18.0 Å². The third-order valence-electron chi connectivity index (χ3n) is 6.58. The molecule has 0 bridgehead atoms. The van der Waals surface area contributed by atoms with Crippen LogP contribution in [0, 0.1) is 0 Å². The van der Waals surface area contributed by atoms with Gasteiger partial charge in [0.05, 0.1) is 16.1 Å². The summed E-state index contributed by atoms with van der Waals surface area (Å²) in [5, 5.41) is 0. The summed E-state index contributed by atoms with van der Waals surface area (Å²) in [5.41, 5.74) is 4.03. The largest absolute Gasteiger partial charge is 0.452 e. The molecule has 2 aliphatic heterocycles. The lowest BCUT2D eigenvalue weighted by atomic mass is 10.00. The number of amides is 1. The highest BCUT2D eigenvalue weighted by Crippen LogP contribution is 2.36. The Kier molecular flexibility index (Phi) is 6.06. The van der Waals surface area contributed by atoms with E-state index in [0.29, 0.717) is 25.2 Å². The number of sulfonamides is 1. The molecule has 5 rings (SSSR count). The van der Waals surface area contributed by atoms with Gasteiger partial charge in [-0.05, 0) is 60.7 Å². The Bertz CT molecular complexity index is 1400. The van der Waals surface area contributed by atoms with E-state index in [0.717, 1.165) is 17.5 Å². The van der Waals surface area contributed by atoms with Crippen molar-refractivity contribution in [3.05, 3.63) is 95.1 Å². The van der Waals surface area contributed by atoms with E-state index in [-0.39, 0.29) is 22.4 Å². The number of fused-ring (bicyclic) bond motifs is 2. The summed E-state index contributed by atoms with van der Waals surface area (Å²) in [6, 6.07) is 20.9. The van der Waals surface area contributed by atoms with Gasteiger partial charge in [0, 0.05) is 19.1 Å². The van der Waals surface area contributed by atoms with Gasteiger partial charge in [0.1, 0.15) is 0 Å². The fourth-order valence-corrected chi connectivity index (χ4v) is 6.55. The smallest absolute Gasteiger partial charge is 0.338 e. The van der Waals surface area contributed by atoms with Gasteiger partial charge in [0.2, 0.25) is 0 Å². The second-order valence-electron chi connectivity index (χ2n) is 8.92. The minimum Gasteiger partial charge on any atom is -0.452 e. The van der Waals surface area contributed by atoms with Gasteiger partial charge in [0.15, 0.2) is 6.61 Å². The first kappa shape index (κ1) is 23.1. The van der Waals surface area contributed by atoms with Gasteiger partial charge in [-0.1, -0.05) is 48.5 Å². The van der Waals surface area contributed by atoms with Gasteiger partial charge < -0.3 is 9.64 Å². The molecule has 0 N–H and O–H groups in total. The van der Waals surface area contributed by atoms with Crippen LogP contribution in [0.4, 0.5) is 5.69 Å². The van der Waals surface area contributed by atoms with Crippen molar-refractivity contribution in [3.8, 4) is 0 Å². The molecule has 8 heteroatoms. The highest BCUT2D eigenvalue weighted by molar-refractivity contribution is 7.92. The molecular formula is C27H26N2O5S. The average Bonchev–Trinajstić information content (AvgIpc) is 3.23. The molecule has 2 heterocycles. The molecule has 7 nitrogen and oxygen atoms in total. The van der Waals surface area contributed by atoms with Gasteiger partial charge in [-0.15, -0.1) is 0 Å². The van der Waals surface area contributed by atoms with Crippen molar-refractivity contribution in [2.45, 2.75) is 37.2 Å². The molecular weight excluding hydrogens is 464 g/mol. The molecule has 180 valence electrons. The van der Waals surface area contributed by atoms with Gasteiger partial charge >= 0.3 is 5.97 Å². The summed E-state index contributed by atoms with van der Waals surface area (Å²) in [4.78, 5) is 27.0. The number of carbonyl (C=O) groups is 2. The molecule has 0 fully saturated rings. The lowest BCUT2D eigenvalue weighted by molar-refractivity contribution is -0.135. The summed E-state index contributed by atoms with van der Waals surface area (Å²) in [6.07, 6.45) is 1.38. The fourth-order valence-electron chi connectivity index (χ4n) is 4.81. The Labute approximate surface area is 205 Å². The van der Waals surface area contributed by atoms with Crippen LogP contribution in [0.1, 0.15) is 34.0 Å². The number of hydrogen-bond donors (Lipinski definition) is 0. The number of esters is 1. The maximum absolute atomic E-state index is 13.5. The van der Waals surface area contributed by atoms with Crippen molar-refractivity contribution in [2.75, 3.05) is 17.5 Å². The predicted octanol–water partition coefficient (Wildman–Crippen LogP) is 3.57. The SMILES string of the molecule is C[C@H]1Cc2ccccc2N1S(=O)(=O)c1cccc(C(=O)OCC(=O)N2CCc3ccccc3C2)c1. The Morgan fingerprint density at radius 1 is 0.943 bits per heavy atom. The van der Waals surface area contributed by atoms with Crippen LogP contribution in [-0.2, 0) is 38.9 Å². The molecule has 3 aromatic rings. The molecule has 1 atom stereocenters. The number of ether oxygens (including phenoxy) is 1. The zero-order chi connectivity index (χ0) is 24.6. The van der Waals surface area contributed by atoms with E-state index in [2.05, 4.69) is 6.07 Å². The number of anilines is 1. The molecule has 3 aromatic carbocycles. The maximum atomic E-state index is 13.5. The lowest BCUT2D eigenvalue weighted by Crippen LogP contribution is -2.38. The molecule has 0 radical (unpaired) electrons. The van der Waals surface area contributed by atoms with Crippen molar-refractivity contribution in [1.29, 1.82) is 0 Å². The maximum Gasteiger partial charge on any atom is 0.338 e. The van der Waals surface area contributed by atoms with Crippen molar-refractivity contribution in [1.82, 2.24) is 4.90 Å². The third kappa shape index (κ3) is 4.41. The molecule has 35 heavy (non-hydrogen) atoms. The third-order valence-corrected chi connectivity index (χ3v) is 8.51. The van der Waals surface area contributed by atoms with Crippen LogP contribution in [0.25, 0.3) is 0 Å². The Hall–Kier alpha value is -3.65. The molecule has 0 unspecified atom stereocenters. The highest BCUT2D eigenvalue weighted by Gasteiger charge is 2.36. The quantitative estimate of drug-likeness (QED) is 0.511. The van der Waals surface area contributed by atoms with Crippen LogP contribution in [0.3, 0.4) is 0 Å². The lowest BCUT2D eigenvalue weighted by Gasteiger charge is -2.28. The van der Waals surface area contributed by atoms with E-state index >= 15 is 0 Å². The normalized spacial score (nSPS) is 17.0. The number of para-hydroxylation sites is 1. The van der Waals surface area contributed by atoms with Crippen molar-refractivity contribution in [3.63, 3.8) is 0 Å². The standard InChI is InChI=1S/C27H26N2O5S/c1-19-15-21-8-4-5-12-25(21)29(19)35(32,33)24-11-6-10-22(16-24)27(31)34-18-26(30)28-14-13-20-7-2-3-9-23(20)17-28/h2-12,16,19H,13-15,17-18H2,1H3/t19-/m0/s1. The summed E-state index contributed by atoms with van der Waals surface area (Å²) in [6.45, 7) is 2.52. The molecule has 0 saturated carbocycles. The molecule has 0 aromatic heterocycles. The van der Waals surface area contributed by atoms with E-state index in [4.69, 9.17) is 4.74 Å². The number of carbonyl (C=O) groups excluding carboxylic acids is 2. The highest BCUT2D eigenvalue weighted by atomic mass is 32.2. The summed E-state index contributed by atoms with van der Waals surface area (Å²) < 4.78 is 33.6. The Morgan fingerprint density at radius 3 is 2.46 bits per heavy atom. The molecule has 0 aliphatic carbocycles. The zero-order valence-electron chi connectivity index (χ0n) is 19.4. The summed E-state index contributed by atoms with van der Waals surface area (Å²) >= 11 is 0. The summed E-state index contributed by atoms with van der Waals surface area (Å²) in [7, 11) is -3.88. The second kappa shape index (κ2) is 9.19. The van der Waals surface area contributed by atoms with Crippen LogP contribution in [0.5, 0.6) is 0 Å². The minimum atomic E-state index is -3.88. The van der Waals surface area contributed by atoms with E-state index in [1.807, 2.05) is 43.3 Å². The Morgan fingerprint density at radius 2 is 1.66 bits per heavy atom. The number of rotatable bonds is 5. The van der Waals surface area contributed by atoms with Gasteiger partial charge in [0.25, 0.3) is 15.9 Å². The van der Waals surface area contributed by atoms with Crippen molar-refractivity contribution in [2.24, 2.45) is 0 Å². The number of nitrogens with zero attached hydrogens (tertiary/aromatic N) is 2. The number of hydrogen-bond acceptors (Lipinski definition) is 5. The Balaban J connectivity index is 1.28. The van der Waals surface area contributed by atoms with E-state index in [1.165, 1.54) is 34.1 Å². The van der Waals surface area contributed by atoms with Crippen LogP contribution >= 0.6 is 0 Å².